The lowest BCUT2D eigenvalue weighted by molar-refractivity contribution is 0.0503. The minimum atomic E-state index is -0.509. The highest BCUT2D eigenvalue weighted by atomic mass is 32.2. The predicted octanol–water partition coefficient (Wildman–Crippen LogP) is 4.15. The number of nitrogen functional groups attached to an aromatic ring is 1. The fourth-order valence-corrected chi connectivity index (χ4v) is 3.42. The molecule has 0 saturated carbocycles. The van der Waals surface area contributed by atoms with E-state index in [0.29, 0.717) is 6.54 Å². The number of nitrogens with one attached hydrogen (secondary N) is 1. The fourth-order valence-electron chi connectivity index (χ4n) is 2.47. The smallest absolute Gasteiger partial charge is 0.407 e. The minimum Gasteiger partial charge on any atom is -0.444 e. The van der Waals surface area contributed by atoms with E-state index in [-0.39, 0.29) is 6.04 Å². The van der Waals surface area contributed by atoms with Crippen LogP contribution in [0.3, 0.4) is 0 Å². The third kappa shape index (κ3) is 5.69. The molecule has 26 heavy (non-hydrogen) atoms. The number of alkyl carbamates (subject to hydrolysis) is 1. The van der Waals surface area contributed by atoms with E-state index in [4.69, 9.17) is 10.5 Å². The molecule has 0 fully saturated rings. The van der Waals surface area contributed by atoms with Gasteiger partial charge >= 0.3 is 6.09 Å². The van der Waals surface area contributed by atoms with Crippen LogP contribution in [0.5, 0.6) is 0 Å². The summed E-state index contributed by atoms with van der Waals surface area (Å²) < 4.78 is 7.23. The lowest BCUT2D eigenvalue weighted by atomic mass is 10.2. The highest BCUT2D eigenvalue weighted by Crippen LogP contribution is 2.33. The average molecular weight is 377 g/mol. The fraction of sp³-hybridized carbons (Fsp3) is 0.474. The summed E-state index contributed by atoms with van der Waals surface area (Å²) in [4.78, 5) is 14.1. The van der Waals surface area contributed by atoms with Crippen LogP contribution in [-0.4, -0.2) is 27.5 Å². The van der Waals surface area contributed by atoms with Gasteiger partial charge in [0, 0.05) is 22.3 Å². The molecule has 1 amide bonds. The molecular weight excluding hydrogens is 348 g/mol. The summed E-state index contributed by atoms with van der Waals surface area (Å²) in [5, 5.41) is 7.48. The van der Waals surface area contributed by atoms with Crippen molar-refractivity contribution in [3.63, 3.8) is 0 Å². The zero-order chi connectivity index (χ0) is 19.5. The Bertz CT molecular complexity index is 763. The number of nitrogens with two attached hydrogens (primary N) is 1. The second-order valence-electron chi connectivity index (χ2n) is 7.40. The molecule has 0 saturated heterocycles. The molecule has 0 aliphatic carbocycles. The summed E-state index contributed by atoms with van der Waals surface area (Å²) in [6.07, 6.45) is -0.414. The number of hydrogen-bond acceptors (Lipinski definition) is 5. The Morgan fingerprint density at radius 3 is 2.50 bits per heavy atom. The maximum Gasteiger partial charge on any atom is 0.407 e. The lowest BCUT2D eigenvalue weighted by Crippen LogP contribution is -2.39. The van der Waals surface area contributed by atoms with Crippen molar-refractivity contribution in [2.75, 3.05) is 5.73 Å². The Hall–Kier alpha value is -2.15. The second kappa shape index (κ2) is 8.03. The topological polar surface area (TPSA) is 82.2 Å². The van der Waals surface area contributed by atoms with Crippen molar-refractivity contribution in [3.05, 3.63) is 35.7 Å². The van der Waals surface area contributed by atoms with Gasteiger partial charge in [-0.05, 0) is 65.8 Å². The van der Waals surface area contributed by atoms with Crippen LogP contribution < -0.4 is 11.1 Å². The van der Waals surface area contributed by atoms with Gasteiger partial charge in [-0.3, -0.25) is 4.68 Å². The maximum absolute atomic E-state index is 11.9. The van der Waals surface area contributed by atoms with Crippen LogP contribution in [0, 0.1) is 13.8 Å². The Morgan fingerprint density at radius 2 is 1.92 bits per heavy atom. The van der Waals surface area contributed by atoms with Gasteiger partial charge in [0.15, 0.2) is 0 Å². The monoisotopic (exact) mass is 376 g/mol. The standard InChI is InChI=1S/C19H28N4O2S/c1-12(21-18(24)25-19(4,5)6)11-23-14(3)17(13(2)22-23)26-16-9-7-15(20)8-10-16/h7-10,12H,11,20H2,1-6H3,(H,21,24). The molecule has 1 atom stereocenters. The Kier molecular flexibility index (Phi) is 6.23. The number of aryl methyl sites for hydroxylation is 1. The summed E-state index contributed by atoms with van der Waals surface area (Å²) in [6.45, 7) is 12.1. The summed E-state index contributed by atoms with van der Waals surface area (Å²) >= 11 is 1.67. The van der Waals surface area contributed by atoms with Gasteiger partial charge in [-0.2, -0.15) is 5.10 Å². The van der Waals surface area contributed by atoms with Gasteiger partial charge in [-0.25, -0.2) is 4.79 Å². The molecule has 0 radical (unpaired) electrons. The first-order valence-electron chi connectivity index (χ1n) is 8.62. The number of carbonyl (C=O) groups is 1. The van der Waals surface area contributed by atoms with Crippen molar-refractivity contribution >= 4 is 23.5 Å². The van der Waals surface area contributed by atoms with Crippen LogP contribution in [0.15, 0.2) is 34.1 Å². The van der Waals surface area contributed by atoms with Gasteiger partial charge in [-0.15, -0.1) is 0 Å². The molecule has 2 rings (SSSR count). The molecule has 0 bridgehead atoms. The van der Waals surface area contributed by atoms with Crippen LogP contribution in [0.25, 0.3) is 0 Å². The van der Waals surface area contributed by atoms with Crippen molar-refractivity contribution in [2.45, 2.75) is 69.5 Å². The normalized spacial score (nSPS) is 12.7. The number of amides is 1. The molecule has 0 spiro atoms. The van der Waals surface area contributed by atoms with E-state index in [1.165, 1.54) is 0 Å². The molecule has 0 aliphatic heterocycles. The SMILES string of the molecule is Cc1nn(CC(C)NC(=O)OC(C)(C)C)c(C)c1Sc1ccc(N)cc1. The number of rotatable bonds is 5. The van der Waals surface area contributed by atoms with Gasteiger partial charge in [-0.1, -0.05) is 11.8 Å². The molecule has 142 valence electrons. The van der Waals surface area contributed by atoms with Crippen LogP contribution in [0.1, 0.15) is 39.1 Å². The maximum atomic E-state index is 11.9. The van der Waals surface area contributed by atoms with E-state index in [9.17, 15) is 4.79 Å². The first kappa shape index (κ1) is 20.2. The summed E-state index contributed by atoms with van der Waals surface area (Å²) in [5.41, 5.74) is 8.03. The van der Waals surface area contributed by atoms with Gasteiger partial charge in [0.2, 0.25) is 0 Å². The average Bonchev–Trinajstić information content (AvgIpc) is 2.74. The number of anilines is 1. The summed E-state index contributed by atoms with van der Waals surface area (Å²) in [7, 11) is 0. The molecule has 0 aliphatic rings. The Balaban J connectivity index is 2.04. The van der Waals surface area contributed by atoms with Crippen LogP contribution in [0.2, 0.25) is 0 Å². The molecule has 1 aromatic carbocycles. The highest BCUT2D eigenvalue weighted by Gasteiger charge is 2.19. The van der Waals surface area contributed by atoms with Gasteiger partial charge in [0.1, 0.15) is 5.60 Å². The van der Waals surface area contributed by atoms with Gasteiger partial charge < -0.3 is 15.8 Å². The van der Waals surface area contributed by atoms with Crippen molar-refractivity contribution in [1.82, 2.24) is 15.1 Å². The van der Waals surface area contributed by atoms with Crippen molar-refractivity contribution < 1.29 is 9.53 Å². The van der Waals surface area contributed by atoms with E-state index in [1.54, 1.807) is 11.8 Å². The molecule has 6 nitrogen and oxygen atoms in total. The van der Waals surface area contributed by atoms with E-state index in [0.717, 1.165) is 26.9 Å². The van der Waals surface area contributed by atoms with Crippen LogP contribution in [0.4, 0.5) is 10.5 Å². The molecule has 1 unspecified atom stereocenters. The molecule has 2 aromatic rings. The summed E-state index contributed by atoms with van der Waals surface area (Å²) in [6, 6.07) is 7.69. The van der Waals surface area contributed by atoms with Crippen molar-refractivity contribution in [3.8, 4) is 0 Å². The molecule has 1 heterocycles. The minimum absolute atomic E-state index is 0.0998. The first-order chi connectivity index (χ1) is 12.0. The van der Waals surface area contributed by atoms with Crippen LogP contribution in [-0.2, 0) is 11.3 Å². The van der Waals surface area contributed by atoms with E-state index < -0.39 is 11.7 Å². The first-order valence-corrected chi connectivity index (χ1v) is 9.43. The van der Waals surface area contributed by atoms with E-state index >= 15 is 0 Å². The van der Waals surface area contributed by atoms with E-state index in [2.05, 4.69) is 10.4 Å². The van der Waals surface area contributed by atoms with Gasteiger partial charge in [0.05, 0.1) is 17.1 Å². The molecular formula is C19H28N4O2S. The number of hydrogen-bond donors (Lipinski definition) is 2. The number of aromatic nitrogens is 2. The third-order valence-electron chi connectivity index (χ3n) is 3.63. The number of ether oxygens (including phenoxy) is 1. The molecule has 1 aromatic heterocycles. The summed E-state index contributed by atoms with van der Waals surface area (Å²) in [5.74, 6) is 0. The number of carbonyl (C=O) groups excluding carboxylic acids is 1. The Labute approximate surface area is 159 Å². The second-order valence-corrected chi connectivity index (χ2v) is 8.48. The van der Waals surface area contributed by atoms with Crippen molar-refractivity contribution in [1.29, 1.82) is 0 Å². The quantitative estimate of drug-likeness (QED) is 0.766. The van der Waals surface area contributed by atoms with E-state index in [1.807, 2.05) is 70.5 Å². The zero-order valence-corrected chi connectivity index (χ0v) is 17.1. The zero-order valence-electron chi connectivity index (χ0n) is 16.3. The largest absolute Gasteiger partial charge is 0.444 e. The number of benzene rings is 1. The lowest BCUT2D eigenvalue weighted by Gasteiger charge is -2.22. The number of nitrogens with zero attached hydrogens (tertiary/aromatic N) is 2. The van der Waals surface area contributed by atoms with Gasteiger partial charge in [0.25, 0.3) is 0 Å². The molecule has 3 N–H and O–H groups in total. The van der Waals surface area contributed by atoms with Crippen LogP contribution >= 0.6 is 11.8 Å². The Morgan fingerprint density at radius 1 is 1.31 bits per heavy atom. The van der Waals surface area contributed by atoms with Crippen molar-refractivity contribution in [2.24, 2.45) is 0 Å². The molecule has 7 heteroatoms. The highest BCUT2D eigenvalue weighted by molar-refractivity contribution is 7.99. The predicted molar refractivity (Wildman–Crippen MR) is 106 cm³/mol. The third-order valence-corrected chi connectivity index (χ3v) is 4.93.